The number of hydrogen-bond acceptors (Lipinski definition) is 3. The van der Waals surface area contributed by atoms with Gasteiger partial charge in [-0.15, -0.1) is 0 Å². The lowest BCUT2D eigenvalue weighted by Crippen LogP contribution is -2.47. The smallest absolute Gasteiger partial charge is 0.321 e. The average molecular weight is 253 g/mol. The first-order valence-electron chi connectivity index (χ1n) is 7.28. The summed E-state index contributed by atoms with van der Waals surface area (Å²) in [5.74, 6) is 0.189. The van der Waals surface area contributed by atoms with E-state index in [4.69, 9.17) is 0 Å². The highest BCUT2D eigenvalue weighted by Crippen LogP contribution is 2.43. The van der Waals surface area contributed by atoms with E-state index in [1.165, 1.54) is 12.8 Å². The Balaban J connectivity index is 1.73. The van der Waals surface area contributed by atoms with E-state index in [1.807, 2.05) is 0 Å². The van der Waals surface area contributed by atoms with E-state index in [2.05, 4.69) is 4.90 Å². The Hall–Kier alpha value is -0.610. The molecule has 0 aromatic rings. The summed E-state index contributed by atoms with van der Waals surface area (Å²) >= 11 is 0. The van der Waals surface area contributed by atoms with Gasteiger partial charge >= 0.3 is 5.97 Å². The van der Waals surface area contributed by atoms with Gasteiger partial charge in [0, 0.05) is 13.1 Å². The van der Waals surface area contributed by atoms with Crippen LogP contribution in [0.2, 0.25) is 0 Å². The van der Waals surface area contributed by atoms with Crippen LogP contribution in [0.5, 0.6) is 0 Å². The van der Waals surface area contributed by atoms with Gasteiger partial charge in [0.1, 0.15) is 6.04 Å². The Morgan fingerprint density at radius 2 is 1.94 bits per heavy atom. The summed E-state index contributed by atoms with van der Waals surface area (Å²) in [7, 11) is 0. The molecule has 0 radical (unpaired) electrons. The molecule has 18 heavy (non-hydrogen) atoms. The van der Waals surface area contributed by atoms with Crippen molar-refractivity contribution >= 4 is 5.97 Å². The van der Waals surface area contributed by atoms with Crippen molar-refractivity contribution in [3.8, 4) is 0 Å². The van der Waals surface area contributed by atoms with E-state index in [9.17, 15) is 15.0 Å². The minimum Gasteiger partial charge on any atom is -0.480 e. The van der Waals surface area contributed by atoms with E-state index >= 15 is 0 Å². The molecule has 3 aliphatic rings. The fourth-order valence-electron chi connectivity index (χ4n) is 4.46. The van der Waals surface area contributed by atoms with E-state index < -0.39 is 11.6 Å². The number of carboxylic acids is 1. The highest BCUT2D eigenvalue weighted by atomic mass is 16.4. The molecule has 3 fully saturated rings. The van der Waals surface area contributed by atoms with Gasteiger partial charge in [-0.2, -0.15) is 0 Å². The van der Waals surface area contributed by atoms with Crippen molar-refractivity contribution in [1.29, 1.82) is 0 Å². The number of rotatable bonds is 3. The van der Waals surface area contributed by atoms with Crippen molar-refractivity contribution < 1.29 is 15.0 Å². The second-order valence-electron chi connectivity index (χ2n) is 6.50. The van der Waals surface area contributed by atoms with Gasteiger partial charge in [0.05, 0.1) is 5.60 Å². The highest BCUT2D eigenvalue weighted by Gasteiger charge is 2.49. The van der Waals surface area contributed by atoms with Crippen LogP contribution in [0, 0.1) is 11.8 Å². The largest absolute Gasteiger partial charge is 0.480 e. The minimum atomic E-state index is -0.689. The molecule has 4 heteroatoms. The van der Waals surface area contributed by atoms with Gasteiger partial charge in [0.25, 0.3) is 0 Å². The molecule has 3 atom stereocenters. The van der Waals surface area contributed by atoms with Crippen LogP contribution >= 0.6 is 0 Å². The minimum absolute atomic E-state index is 0.326. The number of likely N-dealkylation sites (tertiary alicyclic amines) is 1. The SMILES string of the molecule is O=C(O)C1C2CCCC2CN1CC1(O)CCCC1. The van der Waals surface area contributed by atoms with Crippen molar-refractivity contribution in [3.05, 3.63) is 0 Å². The third-order valence-electron chi connectivity index (χ3n) is 5.27. The summed E-state index contributed by atoms with van der Waals surface area (Å²) < 4.78 is 0. The Kier molecular flexibility index (Phi) is 3.10. The zero-order valence-corrected chi connectivity index (χ0v) is 10.8. The van der Waals surface area contributed by atoms with Gasteiger partial charge in [-0.25, -0.2) is 0 Å². The van der Waals surface area contributed by atoms with E-state index in [-0.39, 0.29) is 6.04 Å². The monoisotopic (exact) mass is 253 g/mol. The van der Waals surface area contributed by atoms with Crippen LogP contribution in [0.4, 0.5) is 0 Å². The van der Waals surface area contributed by atoms with Gasteiger partial charge in [-0.05, 0) is 37.5 Å². The number of hydrogen-bond donors (Lipinski definition) is 2. The second kappa shape index (κ2) is 4.49. The number of carbonyl (C=O) groups is 1. The first-order valence-corrected chi connectivity index (χ1v) is 7.28. The molecule has 0 aromatic carbocycles. The first-order chi connectivity index (χ1) is 8.59. The van der Waals surface area contributed by atoms with Crippen LogP contribution in [-0.4, -0.2) is 45.8 Å². The molecule has 1 aliphatic heterocycles. The maximum Gasteiger partial charge on any atom is 0.321 e. The van der Waals surface area contributed by atoms with E-state index in [1.54, 1.807) is 0 Å². The zero-order chi connectivity index (χ0) is 12.8. The van der Waals surface area contributed by atoms with Crippen LogP contribution in [0.1, 0.15) is 44.9 Å². The second-order valence-corrected chi connectivity index (χ2v) is 6.50. The van der Waals surface area contributed by atoms with Gasteiger partial charge in [0.2, 0.25) is 0 Å². The quantitative estimate of drug-likeness (QED) is 0.799. The number of aliphatic hydroxyl groups is 1. The summed E-state index contributed by atoms with van der Waals surface area (Å²) in [6, 6.07) is -0.345. The number of nitrogens with zero attached hydrogens (tertiary/aromatic N) is 1. The third kappa shape index (κ3) is 2.05. The van der Waals surface area contributed by atoms with Crippen LogP contribution in [0.15, 0.2) is 0 Å². The molecule has 3 unspecified atom stereocenters. The fourth-order valence-corrected chi connectivity index (χ4v) is 4.46. The molecule has 102 valence electrons. The van der Waals surface area contributed by atoms with Gasteiger partial charge in [-0.3, -0.25) is 9.69 Å². The van der Waals surface area contributed by atoms with Gasteiger partial charge < -0.3 is 10.2 Å². The maximum absolute atomic E-state index is 11.5. The number of carboxylic acid groups (broad SMARTS) is 1. The predicted molar refractivity (Wildman–Crippen MR) is 67.2 cm³/mol. The topological polar surface area (TPSA) is 60.8 Å². The molecule has 4 nitrogen and oxygen atoms in total. The highest BCUT2D eigenvalue weighted by molar-refractivity contribution is 5.74. The summed E-state index contributed by atoms with van der Waals surface area (Å²) in [4.78, 5) is 13.6. The fraction of sp³-hybridized carbons (Fsp3) is 0.929. The lowest BCUT2D eigenvalue weighted by molar-refractivity contribution is -0.144. The molecule has 3 rings (SSSR count). The maximum atomic E-state index is 11.5. The molecule has 2 aliphatic carbocycles. The third-order valence-corrected chi connectivity index (χ3v) is 5.27. The molecule has 1 saturated heterocycles. The van der Waals surface area contributed by atoms with Crippen LogP contribution in [0.3, 0.4) is 0 Å². The van der Waals surface area contributed by atoms with Crippen molar-refractivity contribution in [2.45, 2.75) is 56.6 Å². The van der Waals surface area contributed by atoms with Gasteiger partial charge in [0.15, 0.2) is 0 Å². The lowest BCUT2D eigenvalue weighted by atomic mass is 9.94. The zero-order valence-electron chi connectivity index (χ0n) is 10.8. The average Bonchev–Trinajstić information content (AvgIpc) is 2.93. The lowest BCUT2D eigenvalue weighted by Gasteiger charge is -2.32. The molecule has 0 bridgehead atoms. The van der Waals surface area contributed by atoms with Crippen LogP contribution in [-0.2, 0) is 4.79 Å². The molecule has 2 saturated carbocycles. The molecule has 0 aromatic heterocycles. The van der Waals surface area contributed by atoms with E-state index in [0.29, 0.717) is 18.4 Å². The number of fused-ring (bicyclic) bond motifs is 1. The normalized spacial score (nSPS) is 39.1. The molecular weight excluding hydrogens is 230 g/mol. The summed E-state index contributed by atoms with van der Waals surface area (Å²) in [5, 5.41) is 19.9. The van der Waals surface area contributed by atoms with Crippen molar-refractivity contribution in [1.82, 2.24) is 4.90 Å². The van der Waals surface area contributed by atoms with Crippen LogP contribution < -0.4 is 0 Å². The van der Waals surface area contributed by atoms with E-state index in [0.717, 1.165) is 38.6 Å². The number of aliphatic carboxylic acids is 1. The Morgan fingerprint density at radius 3 is 2.61 bits per heavy atom. The first kappa shape index (κ1) is 12.4. The Bertz CT molecular complexity index is 338. The van der Waals surface area contributed by atoms with Gasteiger partial charge in [-0.1, -0.05) is 19.3 Å². The standard InChI is InChI=1S/C14H23NO3/c16-13(17)12-11-5-3-4-10(11)8-15(12)9-14(18)6-1-2-7-14/h10-12,18H,1-9H2,(H,16,17). The van der Waals surface area contributed by atoms with Crippen LogP contribution in [0.25, 0.3) is 0 Å². The molecule has 1 heterocycles. The predicted octanol–water partition coefficient (Wildman–Crippen LogP) is 1.48. The summed E-state index contributed by atoms with van der Waals surface area (Å²) in [6.45, 7) is 1.45. The molecule has 0 spiro atoms. The van der Waals surface area contributed by atoms with Crippen molar-refractivity contribution in [3.63, 3.8) is 0 Å². The van der Waals surface area contributed by atoms with Crippen molar-refractivity contribution in [2.24, 2.45) is 11.8 Å². The number of β-amino-alcohol motifs (C(OH)–C–C–N with tert-alkyl or cyclic N) is 1. The molecule has 0 amide bonds. The summed E-state index contributed by atoms with van der Waals surface area (Å²) in [6.07, 6.45) is 7.23. The molecule has 2 N–H and O–H groups in total. The summed E-state index contributed by atoms with van der Waals surface area (Å²) in [5.41, 5.74) is -0.619. The Labute approximate surface area is 108 Å². The van der Waals surface area contributed by atoms with Crippen molar-refractivity contribution in [2.75, 3.05) is 13.1 Å². The Morgan fingerprint density at radius 1 is 1.22 bits per heavy atom. The molecular formula is C14H23NO3.